The highest BCUT2D eigenvalue weighted by atomic mass is 35.5. The molecule has 0 aliphatic carbocycles. The van der Waals surface area contributed by atoms with E-state index in [0.29, 0.717) is 5.56 Å². The largest absolute Gasteiger partial charge is 0.506 e. The van der Waals surface area contributed by atoms with E-state index in [1.54, 1.807) is 6.07 Å². The number of hydrogen-bond acceptors (Lipinski definition) is 3. The predicted octanol–water partition coefficient (Wildman–Crippen LogP) is 1.85. The summed E-state index contributed by atoms with van der Waals surface area (Å²) in [4.78, 5) is 0. The van der Waals surface area contributed by atoms with Gasteiger partial charge in [0, 0.05) is 0 Å². The van der Waals surface area contributed by atoms with Gasteiger partial charge in [-0.3, -0.25) is 0 Å². The molecule has 2 N–H and O–H groups in total. The average molecular weight is 172 g/mol. The lowest BCUT2D eigenvalue weighted by Gasteiger charge is -1.95. The van der Waals surface area contributed by atoms with Gasteiger partial charge in [-0.1, -0.05) is 16.8 Å². The maximum atomic E-state index is 8.97. The average Bonchev–Trinajstić information content (AvgIpc) is 1.98. The highest BCUT2D eigenvalue weighted by Crippen LogP contribution is 2.22. The Balaban J connectivity index is 3.05. The molecule has 0 radical (unpaired) electrons. The smallest absolute Gasteiger partial charge is 0.134 e. The Morgan fingerprint density at radius 2 is 2.18 bits per heavy atom. The van der Waals surface area contributed by atoms with Crippen molar-refractivity contribution in [3.05, 3.63) is 28.8 Å². The second-order valence-electron chi connectivity index (χ2n) is 1.96. The molecule has 0 saturated carbocycles. The summed E-state index contributed by atoms with van der Waals surface area (Å²) < 4.78 is 0. The van der Waals surface area contributed by atoms with Crippen LogP contribution in [0.2, 0.25) is 5.02 Å². The lowest BCUT2D eigenvalue weighted by Crippen LogP contribution is -1.79. The molecular weight excluding hydrogens is 166 g/mol. The molecule has 11 heavy (non-hydrogen) atoms. The van der Waals surface area contributed by atoms with Crippen molar-refractivity contribution in [2.24, 2.45) is 5.16 Å². The number of rotatable bonds is 1. The van der Waals surface area contributed by atoms with Crippen molar-refractivity contribution >= 4 is 17.8 Å². The fourth-order valence-electron chi connectivity index (χ4n) is 0.670. The van der Waals surface area contributed by atoms with Crippen LogP contribution in [0, 0.1) is 0 Å². The zero-order valence-corrected chi connectivity index (χ0v) is 6.28. The minimum Gasteiger partial charge on any atom is -0.506 e. The lowest BCUT2D eigenvalue weighted by atomic mass is 10.2. The molecule has 1 rings (SSSR count). The van der Waals surface area contributed by atoms with Crippen molar-refractivity contribution in [1.29, 1.82) is 0 Å². The van der Waals surface area contributed by atoms with Gasteiger partial charge in [-0.15, -0.1) is 0 Å². The van der Waals surface area contributed by atoms with E-state index in [9.17, 15) is 0 Å². The standard InChI is InChI=1S/C7H6ClNO2/c8-6-3-5(4-9-11)1-2-7(6)10/h1-4,10-11H/b9-4+. The molecule has 0 heterocycles. The first-order valence-corrected chi connectivity index (χ1v) is 3.28. The number of nitrogens with zero attached hydrogens (tertiary/aromatic N) is 1. The fourth-order valence-corrected chi connectivity index (χ4v) is 0.859. The van der Waals surface area contributed by atoms with Gasteiger partial charge in [0.05, 0.1) is 11.2 Å². The van der Waals surface area contributed by atoms with E-state index in [0.717, 1.165) is 0 Å². The molecule has 0 aromatic heterocycles. The van der Waals surface area contributed by atoms with Crippen LogP contribution in [0.3, 0.4) is 0 Å². The van der Waals surface area contributed by atoms with Crippen LogP contribution in [-0.2, 0) is 0 Å². The molecule has 0 unspecified atom stereocenters. The number of oxime groups is 1. The van der Waals surface area contributed by atoms with Gasteiger partial charge in [-0.25, -0.2) is 0 Å². The van der Waals surface area contributed by atoms with E-state index in [1.807, 2.05) is 0 Å². The predicted molar refractivity (Wildman–Crippen MR) is 42.5 cm³/mol. The quantitative estimate of drug-likeness (QED) is 0.385. The van der Waals surface area contributed by atoms with Crippen molar-refractivity contribution in [2.45, 2.75) is 0 Å². The molecule has 0 aliphatic rings. The van der Waals surface area contributed by atoms with E-state index in [-0.39, 0.29) is 10.8 Å². The fraction of sp³-hybridized carbons (Fsp3) is 0. The number of phenols is 1. The molecule has 4 heteroatoms. The SMILES string of the molecule is O/N=C/c1ccc(O)c(Cl)c1. The minimum absolute atomic E-state index is 0.0155. The van der Waals surface area contributed by atoms with E-state index >= 15 is 0 Å². The summed E-state index contributed by atoms with van der Waals surface area (Å²) >= 11 is 5.56. The summed E-state index contributed by atoms with van der Waals surface area (Å²) in [5.41, 5.74) is 0.635. The van der Waals surface area contributed by atoms with Gasteiger partial charge >= 0.3 is 0 Å². The number of hydrogen-bond donors (Lipinski definition) is 2. The number of phenolic OH excluding ortho intramolecular Hbond substituents is 1. The van der Waals surface area contributed by atoms with Crippen molar-refractivity contribution in [3.8, 4) is 5.75 Å². The topological polar surface area (TPSA) is 52.8 Å². The molecule has 0 amide bonds. The van der Waals surface area contributed by atoms with Gasteiger partial charge in [0.1, 0.15) is 5.75 Å². The second-order valence-corrected chi connectivity index (χ2v) is 2.36. The maximum absolute atomic E-state index is 8.97. The summed E-state index contributed by atoms with van der Waals surface area (Å²) in [6, 6.07) is 4.51. The zero-order valence-electron chi connectivity index (χ0n) is 5.53. The molecule has 1 aromatic carbocycles. The molecule has 0 atom stereocenters. The molecule has 1 aromatic rings. The van der Waals surface area contributed by atoms with Crippen molar-refractivity contribution in [2.75, 3.05) is 0 Å². The molecule has 58 valence electrons. The molecule has 0 saturated heterocycles. The third-order valence-corrected chi connectivity index (χ3v) is 1.48. The summed E-state index contributed by atoms with van der Waals surface area (Å²) in [6.45, 7) is 0. The molecule has 3 nitrogen and oxygen atoms in total. The Hall–Kier alpha value is -1.22. The first-order valence-electron chi connectivity index (χ1n) is 2.90. The monoisotopic (exact) mass is 171 g/mol. The number of benzene rings is 1. The minimum atomic E-state index is 0.0155. The Bertz CT molecular complexity index is 286. The molecular formula is C7H6ClNO2. The number of aromatic hydroxyl groups is 1. The van der Waals surface area contributed by atoms with Gasteiger partial charge in [0.2, 0.25) is 0 Å². The van der Waals surface area contributed by atoms with Gasteiger partial charge in [-0.2, -0.15) is 0 Å². The van der Waals surface area contributed by atoms with Gasteiger partial charge in [0.25, 0.3) is 0 Å². The Morgan fingerprint density at radius 3 is 2.73 bits per heavy atom. The van der Waals surface area contributed by atoms with E-state index in [2.05, 4.69) is 5.16 Å². The van der Waals surface area contributed by atoms with Crippen LogP contribution < -0.4 is 0 Å². The molecule has 0 fully saturated rings. The van der Waals surface area contributed by atoms with Crippen LogP contribution in [0.15, 0.2) is 23.4 Å². The van der Waals surface area contributed by atoms with Gasteiger partial charge in [0.15, 0.2) is 0 Å². The van der Waals surface area contributed by atoms with Crippen LogP contribution >= 0.6 is 11.6 Å². The summed E-state index contributed by atoms with van der Waals surface area (Å²) in [6.07, 6.45) is 1.23. The second kappa shape index (κ2) is 3.25. The summed E-state index contributed by atoms with van der Waals surface area (Å²) in [5.74, 6) is 0.0155. The van der Waals surface area contributed by atoms with Gasteiger partial charge < -0.3 is 10.3 Å². The van der Waals surface area contributed by atoms with Crippen molar-refractivity contribution in [3.63, 3.8) is 0 Å². The lowest BCUT2D eigenvalue weighted by molar-refractivity contribution is 0.322. The normalized spacial score (nSPS) is 10.6. The van der Waals surface area contributed by atoms with Crippen molar-refractivity contribution in [1.82, 2.24) is 0 Å². The van der Waals surface area contributed by atoms with Crippen LogP contribution in [-0.4, -0.2) is 16.5 Å². The number of halogens is 1. The third-order valence-electron chi connectivity index (χ3n) is 1.18. The Labute approximate surface area is 68.5 Å². The van der Waals surface area contributed by atoms with Crippen LogP contribution in [0.4, 0.5) is 0 Å². The Kier molecular flexibility index (Phi) is 2.33. The molecule has 0 aliphatic heterocycles. The highest BCUT2D eigenvalue weighted by molar-refractivity contribution is 6.32. The first kappa shape index (κ1) is 7.88. The van der Waals surface area contributed by atoms with Crippen molar-refractivity contribution < 1.29 is 10.3 Å². The summed E-state index contributed by atoms with van der Waals surface area (Å²) in [7, 11) is 0. The van der Waals surface area contributed by atoms with E-state index in [4.69, 9.17) is 21.9 Å². The summed E-state index contributed by atoms with van der Waals surface area (Å²) in [5, 5.41) is 20.2. The third kappa shape index (κ3) is 1.85. The zero-order chi connectivity index (χ0) is 8.27. The highest BCUT2D eigenvalue weighted by Gasteiger charge is 1.96. The maximum Gasteiger partial charge on any atom is 0.134 e. The van der Waals surface area contributed by atoms with E-state index < -0.39 is 0 Å². The Morgan fingerprint density at radius 1 is 1.45 bits per heavy atom. The van der Waals surface area contributed by atoms with Crippen LogP contribution in [0.5, 0.6) is 5.75 Å². The molecule has 0 spiro atoms. The van der Waals surface area contributed by atoms with Crippen LogP contribution in [0.25, 0.3) is 0 Å². The van der Waals surface area contributed by atoms with E-state index in [1.165, 1.54) is 18.3 Å². The van der Waals surface area contributed by atoms with Gasteiger partial charge in [-0.05, 0) is 23.8 Å². The van der Waals surface area contributed by atoms with Crippen LogP contribution in [0.1, 0.15) is 5.56 Å². The molecule has 0 bridgehead atoms. The first-order chi connectivity index (χ1) is 5.24.